The molecule has 0 spiro atoms. The average molecular weight is 201 g/mol. The summed E-state index contributed by atoms with van der Waals surface area (Å²) in [7, 11) is 0. The third kappa shape index (κ3) is 1.67. The van der Waals surface area contributed by atoms with Gasteiger partial charge in [0.1, 0.15) is 6.29 Å². The maximum Gasteiger partial charge on any atom is 0.150 e. The van der Waals surface area contributed by atoms with Crippen molar-refractivity contribution >= 4 is 17.2 Å². The van der Waals surface area contributed by atoms with Gasteiger partial charge in [0.05, 0.1) is 0 Å². The zero-order valence-corrected chi connectivity index (χ0v) is 9.10. The Balaban J connectivity index is 2.56. The zero-order chi connectivity index (χ0) is 10.8. The molecule has 0 amide bonds. The van der Waals surface area contributed by atoms with Gasteiger partial charge in [0.2, 0.25) is 0 Å². The molecule has 2 nitrogen and oxygen atoms in total. The van der Waals surface area contributed by atoms with Crippen LogP contribution in [0.5, 0.6) is 0 Å². The fourth-order valence-electron chi connectivity index (χ4n) is 1.84. The van der Waals surface area contributed by atoms with Crippen LogP contribution in [0, 0.1) is 0 Å². The second-order valence-corrected chi connectivity index (χ2v) is 3.92. The van der Waals surface area contributed by atoms with E-state index in [1.807, 2.05) is 18.2 Å². The van der Waals surface area contributed by atoms with Crippen LogP contribution in [0.25, 0.3) is 10.9 Å². The van der Waals surface area contributed by atoms with Crippen LogP contribution in [0.2, 0.25) is 0 Å². The van der Waals surface area contributed by atoms with Crippen molar-refractivity contribution < 1.29 is 4.79 Å². The van der Waals surface area contributed by atoms with E-state index in [1.165, 1.54) is 5.52 Å². The number of carbonyl (C=O) groups excluding carboxylic acids is 1. The summed E-state index contributed by atoms with van der Waals surface area (Å²) in [6.07, 6.45) is 4.09. The first-order valence-electron chi connectivity index (χ1n) is 5.32. The molecule has 1 aromatic heterocycles. The zero-order valence-electron chi connectivity index (χ0n) is 9.10. The van der Waals surface area contributed by atoms with Crippen LogP contribution >= 0.6 is 0 Å². The highest BCUT2D eigenvalue weighted by Gasteiger charge is 2.06. The molecule has 15 heavy (non-hydrogen) atoms. The Hall–Kier alpha value is -1.57. The Kier molecular flexibility index (Phi) is 2.58. The second-order valence-electron chi connectivity index (χ2n) is 3.92. The molecule has 0 radical (unpaired) electrons. The smallest absolute Gasteiger partial charge is 0.150 e. The van der Waals surface area contributed by atoms with E-state index in [0.717, 1.165) is 23.7 Å². The van der Waals surface area contributed by atoms with Gasteiger partial charge in [-0.15, -0.1) is 0 Å². The number of hydrogen-bond acceptors (Lipinski definition) is 1. The minimum atomic E-state index is 0.504. The highest BCUT2D eigenvalue weighted by Crippen LogP contribution is 2.22. The van der Waals surface area contributed by atoms with Crippen LogP contribution in [0.15, 0.2) is 30.5 Å². The van der Waals surface area contributed by atoms with Crippen LogP contribution in [0.3, 0.4) is 0 Å². The Bertz CT molecular complexity index is 484. The summed E-state index contributed by atoms with van der Waals surface area (Å²) in [6.45, 7) is 4.38. The minimum Gasteiger partial charge on any atom is -0.345 e. The fourth-order valence-corrected chi connectivity index (χ4v) is 1.84. The second kappa shape index (κ2) is 3.89. The standard InChI is InChI=1S/C13H15NO/c1-3-10(2)14-7-6-12-8-11(9-15)4-5-13(12)14/h4-10H,3H2,1-2H3. The number of nitrogens with zero attached hydrogens (tertiary/aromatic N) is 1. The van der Waals surface area contributed by atoms with E-state index in [4.69, 9.17) is 0 Å². The summed E-state index contributed by atoms with van der Waals surface area (Å²) in [4.78, 5) is 10.6. The first kappa shape index (κ1) is 9.97. The van der Waals surface area contributed by atoms with E-state index in [2.05, 4.69) is 30.7 Å². The van der Waals surface area contributed by atoms with Crippen LogP contribution in [0.4, 0.5) is 0 Å². The Morgan fingerprint density at radius 1 is 1.40 bits per heavy atom. The predicted octanol–water partition coefficient (Wildman–Crippen LogP) is 3.42. The van der Waals surface area contributed by atoms with Crippen LogP contribution < -0.4 is 0 Å². The first-order valence-corrected chi connectivity index (χ1v) is 5.32. The molecule has 2 aromatic rings. The van der Waals surface area contributed by atoms with Crippen molar-refractivity contribution in [2.75, 3.05) is 0 Å². The quantitative estimate of drug-likeness (QED) is 0.697. The third-order valence-corrected chi connectivity index (χ3v) is 2.95. The normalized spacial score (nSPS) is 12.9. The summed E-state index contributed by atoms with van der Waals surface area (Å²) in [5.41, 5.74) is 1.94. The molecule has 0 N–H and O–H groups in total. The molecule has 78 valence electrons. The molecule has 0 saturated carbocycles. The van der Waals surface area contributed by atoms with E-state index in [9.17, 15) is 4.79 Å². The number of aldehydes is 1. The molecule has 1 heterocycles. The summed E-state index contributed by atoms with van der Waals surface area (Å²) in [5, 5.41) is 1.14. The Labute approximate surface area is 89.5 Å². The molecule has 0 saturated heterocycles. The molecule has 2 heteroatoms. The van der Waals surface area contributed by atoms with E-state index >= 15 is 0 Å². The number of hydrogen-bond donors (Lipinski definition) is 0. The van der Waals surface area contributed by atoms with Gasteiger partial charge in [-0.3, -0.25) is 4.79 Å². The number of carbonyl (C=O) groups is 1. The van der Waals surface area contributed by atoms with Gasteiger partial charge in [-0.05, 0) is 37.6 Å². The van der Waals surface area contributed by atoms with Crippen LogP contribution in [0.1, 0.15) is 36.7 Å². The maximum atomic E-state index is 10.6. The SMILES string of the molecule is CCC(C)n1ccc2cc(C=O)ccc21. The largest absolute Gasteiger partial charge is 0.345 e. The van der Waals surface area contributed by atoms with E-state index < -0.39 is 0 Å². The Morgan fingerprint density at radius 3 is 2.87 bits per heavy atom. The van der Waals surface area contributed by atoms with Crippen molar-refractivity contribution in [1.29, 1.82) is 0 Å². The molecule has 1 aromatic carbocycles. The van der Waals surface area contributed by atoms with E-state index in [-0.39, 0.29) is 0 Å². The molecular weight excluding hydrogens is 186 g/mol. The van der Waals surface area contributed by atoms with Gasteiger partial charge in [-0.2, -0.15) is 0 Å². The number of fused-ring (bicyclic) bond motifs is 1. The molecule has 0 fully saturated rings. The fraction of sp³-hybridized carbons (Fsp3) is 0.308. The monoisotopic (exact) mass is 201 g/mol. The summed E-state index contributed by atoms with van der Waals surface area (Å²) in [6, 6.07) is 8.39. The van der Waals surface area contributed by atoms with Gasteiger partial charge in [0.25, 0.3) is 0 Å². The van der Waals surface area contributed by atoms with E-state index in [1.54, 1.807) is 0 Å². The lowest BCUT2D eigenvalue weighted by Gasteiger charge is -2.12. The highest BCUT2D eigenvalue weighted by atomic mass is 16.1. The first-order chi connectivity index (χ1) is 7.26. The van der Waals surface area contributed by atoms with Crippen molar-refractivity contribution in [2.24, 2.45) is 0 Å². The maximum absolute atomic E-state index is 10.6. The number of rotatable bonds is 3. The predicted molar refractivity (Wildman–Crippen MR) is 62.3 cm³/mol. The minimum absolute atomic E-state index is 0.504. The molecule has 2 rings (SSSR count). The Morgan fingerprint density at radius 2 is 2.20 bits per heavy atom. The molecule has 0 aliphatic rings. The lowest BCUT2D eigenvalue weighted by atomic mass is 10.1. The van der Waals surface area contributed by atoms with Crippen LogP contribution in [-0.2, 0) is 0 Å². The number of aromatic nitrogens is 1. The van der Waals surface area contributed by atoms with Gasteiger partial charge in [0.15, 0.2) is 0 Å². The summed E-state index contributed by atoms with van der Waals surface area (Å²) < 4.78 is 2.25. The lowest BCUT2D eigenvalue weighted by Crippen LogP contribution is -2.01. The van der Waals surface area contributed by atoms with Gasteiger partial charge >= 0.3 is 0 Å². The highest BCUT2D eigenvalue weighted by molar-refractivity contribution is 5.87. The van der Waals surface area contributed by atoms with Gasteiger partial charge in [-0.1, -0.05) is 6.92 Å². The van der Waals surface area contributed by atoms with Gasteiger partial charge in [-0.25, -0.2) is 0 Å². The molecule has 1 atom stereocenters. The van der Waals surface area contributed by atoms with Crippen molar-refractivity contribution in [3.63, 3.8) is 0 Å². The van der Waals surface area contributed by atoms with Gasteiger partial charge in [0, 0.05) is 28.7 Å². The molecule has 0 bridgehead atoms. The molecule has 0 aliphatic carbocycles. The van der Waals surface area contributed by atoms with Crippen molar-refractivity contribution in [2.45, 2.75) is 26.3 Å². The van der Waals surface area contributed by atoms with Crippen LogP contribution in [-0.4, -0.2) is 10.9 Å². The third-order valence-electron chi connectivity index (χ3n) is 2.95. The average Bonchev–Trinajstić information content (AvgIpc) is 2.70. The number of benzene rings is 1. The van der Waals surface area contributed by atoms with Crippen molar-refractivity contribution in [3.05, 3.63) is 36.0 Å². The topological polar surface area (TPSA) is 22.0 Å². The molecular formula is C13H15NO. The van der Waals surface area contributed by atoms with Gasteiger partial charge < -0.3 is 4.57 Å². The molecule has 1 unspecified atom stereocenters. The van der Waals surface area contributed by atoms with E-state index in [0.29, 0.717) is 6.04 Å². The lowest BCUT2D eigenvalue weighted by molar-refractivity contribution is 0.112. The molecule has 0 aliphatic heterocycles. The summed E-state index contributed by atoms with van der Waals surface area (Å²) >= 11 is 0. The van der Waals surface area contributed by atoms with Crippen molar-refractivity contribution in [3.8, 4) is 0 Å². The van der Waals surface area contributed by atoms with Crippen molar-refractivity contribution in [1.82, 2.24) is 4.57 Å². The summed E-state index contributed by atoms with van der Waals surface area (Å²) in [5.74, 6) is 0.